The highest BCUT2D eigenvalue weighted by Gasteiger charge is 2.44. The minimum atomic E-state index is -1.66. The molecule has 1 amide bonds. The van der Waals surface area contributed by atoms with E-state index in [0.29, 0.717) is 19.3 Å². The summed E-state index contributed by atoms with van der Waals surface area (Å²) in [7, 11) is 0. The molecule has 0 spiro atoms. The molecule has 1 heterocycles. The van der Waals surface area contributed by atoms with Crippen LogP contribution in [0.15, 0.2) is 24.3 Å². The number of carbonyl (C=O) groups is 1. The van der Waals surface area contributed by atoms with Crippen LogP contribution in [-0.2, 0) is 14.3 Å². The van der Waals surface area contributed by atoms with Crippen molar-refractivity contribution >= 4 is 5.91 Å². The first-order valence-electron chi connectivity index (χ1n) is 33.7. The van der Waals surface area contributed by atoms with Crippen LogP contribution in [0.25, 0.3) is 0 Å². The second kappa shape index (κ2) is 56.1. The van der Waals surface area contributed by atoms with Crippen molar-refractivity contribution in [1.82, 2.24) is 5.32 Å². The Morgan fingerprint density at radius 2 is 0.782 bits per heavy atom. The third kappa shape index (κ3) is 43.3. The minimum Gasteiger partial charge on any atom is -0.394 e. The van der Waals surface area contributed by atoms with Crippen molar-refractivity contribution in [2.75, 3.05) is 13.2 Å². The van der Waals surface area contributed by atoms with Crippen LogP contribution in [-0.4, -0.2) is 110 Å². The Labute approximate surface area is 480 Å². The first-order chi connectivity index (χ1) is 38.2. The molecule has 0 radical (unpaired) electrons. The van der Waals surface area contributed by atoms with Crippen LogP contribution in [0.5, 0.6) is 0 Å². The van der Waals surface area contributed by atoms with Gasteiger partial charge in [0.25, 0.3) is 0 Å². The zero-order valence-electron chi connectivity index (χ0n) is 50.9. The first-order valence-corrected chi connectivity index (χ1v) is 33.7. The Kier molecular flexibility index (Phi) is 53.6. The molecule has 0 bridgehead atoms. The lowest BCUT2D eigenvalue weighted by Crippen LogP contribution is -2.60. The van der Waals surface area contributed by atoms with Crippen molar-refractivity contribution in [2.45, 2.75) is 384 Å². The highest BCUT2D eigenvalue weighted by atomic mass is 16.7. The average Bonchev–Trinajstić information content (AvgIpc) is 3.44. The summed E-state index contributed by atoms with van der Waals surface area (Å²) in [6.45, 7) is 3.48. The smallest absolute Gasteiger partial charge is 0.249 e. The molecule has 0 aliphatic carbocycles. The number of aliphatic hydroxyl groups excluding tert-OH is 7. The second-order valence-electron chi connectivity index (χ2n) is 23.9. The summed E-state index contributed by atoms with van der Waals surface area (Å²) in [5.41, 5.74) is 0. The van der Waals surface area contributed by atoms with Gasteiger partial charge in [0.15, 0.2) is 6.29 Å². The van der Waals surface area contributed by atoms with Crippen molar-refractivity contribution in [3.63, 3.8) is 0 Å². The Bertz CT molecular complexity index is 1320. The molecule has 0 saturated carbocycles. The molecule has 9 unspecified atom stereocenters. The van der Waals surface area contributed by atoms with Gasteiger partial charge < -0.3 is 50.5 Å². The second-order valence-corrected chi connectivity index (χ2v) is 23.9. The lowest BCUT2D eigenvalue weighted by Gasteiger charge is -2.40. The molecule has 1 fully saturated rings. The third-order valence-electron chi connectivity index (χ3n) is 16.5. The molecule has 462 valence electrons. The maximum absolute atomic E-state index is 13.2. The molecular formula is C67H129NO10. The lowest BCUT2D eigenvalue weighted by molar-refractivity contribution is -0.303. The number of ether oxygens (including phenoxy) is 2. The van der Waals surface area contributed by atoms with Crippen LogP contribution in [0.4, 0.5) is 0 Å². The zero-order chi connectivity index (χ0) is 56.8. The fourth-order valence-electron chi connectivity index (χ4n) is 11.1. The number of unbranched alkanes of at least 4 members (excludes halogenated alkanes) is 43. The van der Waals surface area contributed by atoms with Gasteiger partial charge in [0, 0.05) is 0 Å². The van der Waals surface area contributed by atoms with Gasteiger partial charge in [-0.25, -0.2) is 0 Å². The summed E-state index contributed by atoms with van der Waals surface area (Å²) >= 11 is 0. The van der Waals surface area contributed by atoms with Crippen molar-refractivity contribution in [1.29, 1.82) is 0 Å². The van der Waals surface area contributed by atoms with E-state index in [4.69, 9.17) is 9.47 Å². The van der Waals surface area contributed by atoms with Crippen LogP contribution in [0.2, 0.25) is 0 Å². The zero-order valence-corrected chi connectivity index (χ0v) is 50.9. The largest absolute Gasteiger partial charge is 0.394 e. The van der Waals surface area contributed by atoms with Gasteiger partial charge in [0.2, 0.25) is 5.91 Å². The molecule has 1 saturated heterocycles. The van der Waals surface area contributed by atoms with Gasteiger partial charge in [-0.15, -0.1) is 0 Å². The van der Waals surface area contributed by atoms with Crippen molar-refractivity contribution in [3.8, 4) is 0 Å². The average molecular weight is 1110 g/mol. The van der Waals surface area contributed by atoms with Crippen LogP contribution in [0.3, 0.4) is 0 Å². The predicted molar refractivity (Wildman–Crippen MR) is 326 cm³/mol. The van der Waals surface area contributed by atoms with Crippen LogP contribution in [0, 0.1) is 0 Å². The number of carbonyl (C=O) groups excluding carboxylic acids is 1. The Balaban J connectivity index is 2.11. The molecule has 1 rings (SSSR count). The summed E-state index contributed by atoms with van der Waals surface area (Å²) in [4.78, 5) is 13.2. The lowest BCUT2D eigenvalue weighted by atomic mass is 9.98. The van der Waals surface area contributed by atoms with Crippen LogP contribution >= 0.6 is 0 Å². The number of rotatable bonds is 59. The van der Waals surface area contributed by atoms with Gasteiger partial charge in [-0.3, -0.25) is 4.79 Å². The van der Waals surface area contributed by atoms with Gasteiger partial charge in [0.1, 0.15) is 36.6 Å². The maximum atomic E-state index is 13.2. The molecule has 0 aromatic rings. The van der Waals surface area contributed by atoms with E-state index in [1.165, 1.54) is 244 Å². The van der Waals surface area contributed by atoms with Gasteiger partial charge in [-0.05, 0) is 44.9 Å². The van der Waals surface area contributed by atoms with E-state index in [9.17, 15) is 40.5 Å². The molecule has 1 aliphatic heterocycles. The van der Waals surface area contributed by atoms with Crippen molar-refractivity contribution in [3.05, 3.63) is 24.3 Å². The molecular weight excluding hydrogens is 979 g/mol. The number of aliphatic hydroxyl groups is 7. The van der Waals surface area contributed by atoms with Crippen LogP contribution < -0.4 is 5.32 Å². The molecule has 11 nitrogen and oxygen atoms in total. The van der Waals surface area contributed by atoms with E-state index < -0.39 is 74.2 Å². The Morgan fingerprint density at radius 1 is 0.449 bits per heavy atom. The molecule has 11 heteroatoms. The van der Waals surface area contributed by atoms with Gasteiger partial charge >= 0.3 is 0 Å². The van der Waals surface area contributed by atoms with E-state index in [0.717, 1.165) is 44.9 Å². The fourth-order valence-corrected chi connectivity index (χ4v) is 11.1. The predicted octanol–water partition coefficient (Wildman–Crippen LogP) is 15.6. The number of hydrogen-bond donors (Lipinski definition) is 8. The summed E-state index contributed by atoms with van der Waals surface area (Å²) in [5, 5.41) is 76.2. The summed E-state index contributed by atoms with van der Waals surface area (Å²) in [5.74, 6) is -0.693. The maximum Gasteiger partial charge on any atom is 0.249 e. The fraction of sp³-hybridized carbons (Fsp3) is 0.925. The van der Waals surface area contributed by atoms with E-state index in [2.05, 4.69) is 43.5 Å². The summed E-state index contributed by atoms with van der Waals surface area (Å²) in [6, 6.07) is -1.17. The number of nitrogens with one attached hydrogen (secondary N) is 1. The molecule has 9 atom stereocenters. The molecule has 0 aromatic heterocycles. The van der Waals surface area contributed by atoms with Crippen LogP contribution in [0.1, 0.15) is 328 Å². The monoisotopic (exact) mass is 1110 g/mol. The SMILES string of the molecule is CCCCCCCCCCCCCCCCC/C=C\C/C=C\CCCCCCCCCCCCCCCCCCC(O)C(=O)NC(COC1OC(CO)C(O)C(O)C1O)C(O)C(O)CCCCCCCCCCCCCCC. The number of hydrogen-bond acceptors (Lipinski definition) is 10. The number of amides is 1. The first kappa shape index (κ1) is 74.6. The van der Waals surface area contributed by atoms with E-state index >= 15 is 0 Å². The summed E-state index contributed by atoms with van der Waals surface area (Å²) in [6.07, 6.45) is 58.5. The molecule has 0 aromatic carbocycles. The van der Waals surface area contributed by atoms with Gasteiger partial charge in [0.05, 0.1) is 25.4 Å². The van der Waals surface area contributed by atoms with Gasteiger partial charge in [-0.2, -0.15) is 0 Å². The van der Waals surface area contributed by atoms with E-state index in [1.54, 1.807) is 0 Å². The van der Waals surface area contributed by atoms with E-state index in [-0.39, 0.29) is 6.42 Å². The Hall–Kier alpha value is -1.41. The normalized spacial score (nSPS) is 19.5. The quantitative estimate of drug-likeness (QED) is 0.0215. The Morgan fingerprint density at radius 3 is 1.14 bits per heavy atom. The molecule has 8 N–H and O–H groups in total. The highest BCUT2D eigenvalue weighted by Crippen LogP contribution is 2.24. The highest BCUT2D eigenvalue weighted by molar-refractivity contribution is 5.80. The van der Waals surface area contributed by atoms with E-state index in [1.807, 2.05) is 0 Å². The molecule has 1 aliphatic rings. The molecule has 78 heavy (non-hydrogen) atoms. The van der Waals surface area contributed by atoms with Crippen molar-refractivity contribution < 1.29 is 50.0 Å². The standard InChI is InChI=1S/C67H129NO10/c1-3-5-7-9-11-13-15-17-18-19-20-21-22-23-24-25-26-27-28-29-30-31-32-33-34-35-36-37-38-39-40-41-43-45-47-49-51-53-55-60(71)66(76)68-58(57-77-67-65(75)64(74)63(73)61(56-69)78-67)62(72)59(70)54-52-50-48-46-44-42-16-14-12-10-8-6-4-2/h26-27,29-30,58-65,67,69-75H,3-25,28,31-57H2,1-2H3,(H,68,76)/b27-26-,30-29-. The van der Waals surface area contributed by atoms with Gasteiger partial charge in [-0.1, -0.05) is 308 Å². The third-order valence-corrected chi connectivity index (χ3v) is 16.5. The minimum absolute atomic E-state index is 0.263. The van der Waals surface area contributed by atoms with Crippen molar-refractivity contribution in [2.24, 2.45) is 0 Å². The summed E-state index contributed by atoms with van der Waals surface area (Å²) < 4.78 is 11.2. The topological polar surface area (TPSA) is 189 Å². The number of allylic oxidation sites excluding steroid dienone is 4.